The molecule has 5 heteroatoms. The van der Waals surface area contributed by atoms with Crippen LogP contribution in [0.1, 0.15) is 5.56 Å². The molecule has 2 nitrogen and oxygen atoms in total. The molecule has 1 aromatic carbocycles. The van der Waals surface area contributed by atoms with E-state index in [-0.39, 0.29) is 0 Å². The molecule has 0 spiro atoms. The van der Waals surface area contributed by atoms with Crippen molar-refractivity contribution in [3.05, 3.63) is 32.6 Å². The highest BCUT2D eigenvalue weighted by Crippen LogP contribution is 2.34. The first-order valence-corrected chi connectivity index (χ1v) is 5.41. The Labute approximate surface area is 99.4 Å². The van der Waals surface area contributed by atoms with Gasteiger partial charge < -0.3 is 0 Å². The van der Waals surface area contributed by atoms with E-state index in [0.29, 0.717) is 15.6 Å². The van der Waals surface area contributed by atoms with Crippen molar-refractivity contribution in [1.82, 2.24) is 9.97 Å². The highest BCUT2D eigenvalue weighted by Gasteiger charge is 2.11. The fourth-order valence-corrected chi connectivity index (χ4v) is 2.41. The normalized spacial score (nSPS) is 10.9. The zero-order valence-corrected chi connectivity index (χ0v) is 10.3. The van der Waals surface area contributed by atoms with Gasteiger partial charge in [-0.05, 0) is 34.5 Å². The highest BCUT2D eigenvalue weighted by atomic mass is 79.9. The van der Waals surface area contributed by atoms with Gasteiger partial charge >= 0.3 is 0 Å². The molecule has 0 aliphatic rings. The van der Waals surface area contributed by atoms with Crippen LogP contribution in [0.4, 0.5) is 0 Å². The van der Waals surface area contributed by atoms with Crippen LogP contribution in [0.15, 0.2) is 16.9 Å². The molecule has 2 rings (SSSR count). The molecule has 0 fully saturated rings. The molecule has 0 aliphatic heterocycles. The Bertz CT molecular complexity index is 514. The third-order valence-electron chi connectivity index (χ3n) is 1.94. The van der Waals surface area contributed by atoms with Crippen LogP contribution in [-0.4, -0.2) is 9.97 Å². The summed E-state index contributed by atoms with van der Waals surface area (Å²) in [4.78, 5) is 8.02. The van der Waals surface area contributed by atoms with E-state index >= 15 is 0 Å². The van der Waals surface area contributed by atoms with Crippen LogP contribution in [0, 0.1) is 6.92 Å². The molecule has 1 aromatic heterocycles. The Morgan fingerprint density at radius 1 is 1.29 bits per heavy atom. The van der Waals surface area contributed by atoms with Gasteiger partial charge in [0.2, 0.25) is 0 Å². The van der Waals surface area contributed by atoms with Crippen molar-refractivity contribution < 1.29 is 0 Å². The van der Waals surface area contributed by atoms with Gasteiger partial charge in [-0.3, -0.25) is 0 Å². The first kappa shape index (κ1) is 10.1. The first-order valence-electron chi connectivity index (χ1n) is 3.86. The minimum atomic E-state index is 0.379. The zero-order valence-electron chi connectivity index (χ0n) is 7.18. The third kappa shape index (κ3) is 1.49. The fourth-order valence-electron chi connectivity index (χ4n) is 1.26. The maximum Gasteiger partial charge on any atom is 0.141 e. The van der Waals surface area contributed by atoms with Gasteiger partial charge in [-0.2, -0.15) is 0 Å². The maximum absolute atomic E-state index is 6.12. The molecule has 1 heterocycles. The molecule has 2 aromatic rings. The van der Waals surface area contributed by atoms with Gasteiger partial charge in [0.1, 0.15) is 11.5 Å². The molecular weight excluding hydrogens is 287 g/mol. The van der Waals surface area contributed by atoms with E-state index < -0.39 is 0 Å². The largest absolute Gasteiger partial charge is 0.235 e. The summed E-state index contributed by atoms with van der Waals surface area (Å²) in [7, 11) is 0. The summed E-state index contributed by atoms with van der Waals surface area (Å²) in [5, 5.41) is 1.68. The zero-order chi connectivity index (χ0) is 10.3. The van der Waals surface area contributed by atoms with Crippen molar-refractivity contribution in [3.8, 4) is 0 Å². The molecule has 0 N–H and O–H groups in total. The van der Waals surface area contributed by atoms with Gasteiger partial charge in [0.25, 0.3) is 0 Å². The van der Waals surface area contributed by atoms with Gasteiger partial charge in [-0.15, -0.1) is 0 Å². The second-order valence-corrected chi connectivity index (χ2v) is 4.47. The number of hydrogen-bond acceptors (Lipinski definition) is 2. The lowest BCUT2D eigenvalue weighted by molar-refractivity contribution is 1.21. The molecule has 72 valence electrons. The van der Waals surface area contributed by atoms with Gasteiger partial charge in [-0.25, -0.2) is 9.97 Å². The summed E-state index contributed by atoms with van der Waals surface area (Å²) in [5.41, 5.74) is 1.68. The predicted octanol–water partition coefficient (Wildman–Crippen LogP) is 4.01. The van der Waals surface area contributed by atoms with Crippen LogP contribution in [0.2, 0.25) is 10.2 Å². The van der Waals surface area contributed by atoms with E-state index in [1.165, 1.54) is 6.33 Å². The van der Waals surface area contributed by atoms with Crippen LogP contribution in [0.3, 0.4) is 0 Å². The molecule has 0 bridgehead atoms. The lowest BCUT2D eigenvalue weighted by atomic mass is 10.2. The van der Waals surface area contributed by atoms with E-state index in [0.717, 1.165) is 15.6 Å². The lowest BCUT2D eigenvalue weighted by Gasteiger charge is -2.06. The minimum Gasteiger partial charge on any atom is -0.235 e. The van der Waals surface area contributed by atoms with Crippen LogP contribution in [0.25, 0.3) is 10.9 Å². The Balaban J connectivity index is 3.03. The monoisotopic (exact) mass is 290 g/mol. The number of aryl methyl sites for hydroxylation is 1. The van der Waals surface area contributed by atoms with Crippen LogP contribution >= 0.6 is 39.1 Å². The molecule has 0 saturated heterocycles. The SMILES string of the molecule is Cc1cc(Br)c2ncnc(Cl)c2c1Cl. The Hall–Kier alpha value is -0.380. The minimum absolute atomic E-state index is 0.379. The Morgan fingerprint density at radius 3 is 2.71 bits per heavy atom. The van der Waals surface area contributed by atoms with Crippen molar-refractivity contribution in [2.24, 2.45) is 0 Å². The van der Waals surface area contributed by atoms with Gasteiger partial charge in [0, 0.05) is 4.47 Å². The molecule has 0 radical (unpaired) electrons. The fraction of sp³-hybridized carbons (Fsp3) is 0.111. The number of fused-ring (bicyclic) bond motifs is 1. The van der Waals surface area contributed by atoms with E-state index in [1.807, 2.05) is 13.0 Å². The summed E-state index contributed by atoms with van der Waals surface area (Å²) in [5.74, 6) is 0. The summed E-state index contributed by atoms with van der Waals surface area (Å²) < 4.78 is 0.874. The lowest BCUT2D eigenvalue weighted by Crippen LogP contribution is -1.88. The maximum atomic E-state index is 6.12. The summed E-state index contributed by atoms with van der Waals surface area (Å²) in [6.07, 6.45) is 1.42. The van der Waals surface area contributed by atoms with Crippen molar-refractivity contribution in [2.45, 2.75) is 6.92 Å². The number of aromatic nitrogens is 2. The molecule has 0 saturated carbocycles. The van der Waals surface area contributed by atoms with E-state index in [4.69, 9.17) is 23.2 Å². The van der Waals surface area contributed by atoms with Crippen molar-refractivity contribution in [1.29, 1.82) is 0 Å². The molecule has 0 amide bonds. The quantitative estimate of drug-likeness (QED) is 0.686. The van der Waals surface area contributed by atoms with Crippen LogP contribution in [0.5, 0.6) is 0 Å². The molecule has 14 heavy (non-hydrogen) atoms. The Morgan fingerprint density at radius 2 is 2.00 bits per heavy atom. The molecule has 0 unspecified atom stereocenters. The highest BCUT2D eigenvalue weighted by molar-refractivity contribution is 9.10. The Kier molecular flexibility index (Phi) is 2.64. The molecular formula is C9H5BrCl2N2. The van der Waals surface area contributed by atoms with Gasteiger partial charge in [0.15, 0.2) is 0 Å². The van der Waals surface area contributed by atoms with E-state index in [9.17, 15) is 0 Å². The average Bonchev–Trinajstić information content (AvgIpc) is 2.14. The van der Waals surface area contributed by atoms with Crippen molar-refractivity contribution >= 4 is 50.0 Å². The summed E-state index contributed by atoms with van der Waals surface area (Å²) in [6, 6.07) is 1.91. The van der Waals surface area contributed by atoms with Gasteiger partial charge in [-0.1, -0.05) is 23.2 Å². The van der Waals surface area contributed by atoms with Gasteiger partial charge in [0.05, 0.1) is 15.9 Å². The molecule has 0 aliphatic carbocycles. The van der Waals surface area contributed by atoms with E-state index in [1.54, 1.807) is 0 Å². The second-order valence-electron chi connectivity index (χ2n) is 2.88. The first-order chi connectivity index (χ1) is 6.61. The number of hydrogen-bond donors (Lipinski definition) is 0. The third-order valence-corrected chi connectivity index (χ3v) is 3.31. The number of rotatable bonds is 0. The van der Waals surface area contributed by atoms with Crippen LogP contribution < -0.4 is 0 Å². The van der Waals surface area contributed by atoms with E-state index in [2.05, 4.69) is 25.9 Å². The van der Waals surface area contributed by atoms with Crippen molar-refractivity contribution in [2.75, 3.05) is 0 Å². The summed E-state index contributed by atoms with van der Waals surface area (Å²) >= 11 is 15.5. The number of benzene rings is 1. The standard InChI is InChI=1S/C9H5BrCl2N2/c1-4-2-5(10)8-6(7(4)11)9(12)14-3-13-8/h2-3H,1H3. The number of halogens is 3. The smallest absolute Gasteiger partial charge is 0.141 e. The predicted molar refractivity (Wildman–Crippen MR) is 62.0 cm³/mol. The average molecular weight is 292 g/mol. The van der Waals surface area contributed by atoms with Crippen LogP contribution in [-0.2, 0) is 0 Å². The topological polar surface area (TPSA) is 25.8 Å². The number of nitrogens with zero attached hydrogens (tertiary/aromatic N) is 2. The molecule has 0 atom stereocenters. The summed E-state index contributed by atoms with van der Waals surface area (Å²) in [6.45, 7) is 1.91. The van der Waals surface area contributed by atoms with Crippen molar-refractivity contribution in [3.63, 3.8) is 0 Å². The second kappa shape index (κ2) is 3.65.